The van der Waals surface area contributed by atoms with Gasteiger partial charge in [-0.2, -0.15) is 0 Å². The number of nitrogens with one attached hydrogen (secondary N) is 1. The molecule has 7 heteroatoms. The van der Waals surface area contributed by atoms with E-state index in [0.717, 1.165) is 25.7 Å². The Hall–Kier alpha value is -0.890. The maximum Gasteiger partial charge on any atom is 0.274 e. The minimum atomic E-state index is -3.66. The Bertz CT molecular complexity index is 544. The Morgan fingerprint density at radius 3 is 2.50 bits per heavy atom. The van der Waals surface area contributed by atoms with Crippen molar-refractivity contribution in [2.75, 3.05) is 20.6 Å². The average Bonchev–Trinajstić information content (AvgIpc) is 3.06. The smallest absolute Gasteiger partial charge is 0.274 e. The second-order valence-electron chi connectivity index (χ2n) is 5.53. The Labute approximate surface area is 119 Å². The second kappa shape index (κ2) is 5.85. The largest absolute Gasteiger partial charge is 0.446 e. The highest BCUT2D eigenvalue weighted by Crippen LogP contribution is 2.33. The van der Waals surface area contributed by atoms with Crippen LogP contribution in [0.25, 0.3) is 0 Å². The molecule has 1 heterocycles. The molecule has 0 atom stereocenters. The van der Waals surface area contributed by atoms with Crippen LogP contribution >= 0.6 is 0 Å². The van der Waals surface area contributed by atoms with Crippen LogP contribution in [0.1, 0.15) is 31.4 Å². The molecule has 0 saturated heterocycles. The van der Waals surface area contributed by atoms with Gasteiger partial charge in [-0.05, 0) is 39.1 Å². The van der Waals surface area contributed by atoms with Crippen molar-refractivity contribution in [1.29, 1.82) is 0 Å². The zero-order valence-corrected chi connectivity index (χ0v) is 12.7. The Balaban J connectivity index is 2.08. The highest BCUT2D eigenvalue weighted by Gasteiger charge is 2.37. The molecule has 1 aromatic heterocycles. The summed E-state index contributed by atoms with van der Waals surface area (Å²) in [6.07, 6.45) is 4.22. The number of aliphatic hydroxyl groups excluding tert-OH is 1. The van der Waals surface area contributed by atoms with Crippen molar-refractivity contribution in [2.45, 2.75) is 42.9 Å². The lowest BCUT2D eigenvalue weighted by atomic mass is 9.97. The molecule has 20 heavy (non-hydrogen) atoms. The molecule has 0 radical (unpaired) electrons. The van der Waals surface area contributed by atoms with E-state index in [1.807, 2.05) is 14.1 Å². The number of hydrogen-bond donors (Lipinski definition) is 2. The number of sulfonamides is 1. The molecule has 1 saturated carbocycles. The van der Waals surface area contributed by atoms with Crippen LogP contribution in [0.2, 0.25) is 0 Å². The Morgan fingerprint density at radius 1 is 1.35 bits per heavy atom. The molecule has 2 N–H and O–H groups in total. The van der Waals surface area contributed by atoms with E-state index in [1.54, 1.807) is 0 Å². The first-order chi connectivity index (χ1) is 9.39. The number of rotatable bonds is 6. The lowest BCUT2D eigenvalue weighted by Gasteiger charge is -2.36. The Kier molecular flexibility index (Phi) is 4.53. The van der Waals surface area contributed by atoms with E-state index in [1.165, 1.54) is 12.1 Å². The van der Waals surface area contributed by atoms with Gasteiger partial charge in [-0.3, -0.25) is 0 Å². The fourth-order valence-corrected chi connectivity index (χ4v) is 3.77. The van der Waals surface area contributed by atoms with Crippen LogP contribution in [0.15, 0.2) is 21.6 Å². The summed E-state index contributed by atoms with van der Waals surface area (Å²) >= 11 is 0. The van der Waals surface area contributed by atoms with Crippen molar-refractivity contribution in [3.63, 3.8) is 0 Å². The summed E-state index contributed by atoms with van der Waals surface area (Å²) in [6, 6.07) is 2.83. The van der Waals surface area contributed by atoms with E-state index >= 15 is 0 Å². The maximum atomic E-state index is 12.2. The van der Waals surface area contributed by atoms with Gasteiger partial charge in [0.25, 0.3) is 10.0 Å². The standard InChI is InChI=1S/C13H22N2O4S/c1-15(2)13(7-3-4-8-13)10-14-20(17,18)12-6-5-11(9-16)19-12/h5-6,14,16H,3-4,7-10H2,1-2H3. The summed E-state index contributed by atoms with van der Waals surface area (Å²) in [5, 5.41) is 8.77. The van der Waals surface area contributed by atoms with Crippen LogP contribution in [-0.2, 0) is 16.6 Å². The summed E-state index contributed by atoms with van der Waals surface area (Å²) in [5.74, 6) is 0.244. The quantitative estimate of drug-likeness (QED) is 0.816. The fourth-order valence-electron chi connectivity index (χ4n) is 2.70. The summed E-state index contributed by atoms with van der Waals surface area (Å²) < 4.78 is 32.1. The first kappa shape index (κ1) is 15.5. The molecule has 0 amide bonds. The summed E-state index contributed by atoms with van der Waals surface area (Å²) in [4.78, 5) is 2.10. The predicted octanol–water partition coefficient (Wildman–Crippen LogP) is 0.925. The summed E-state index contributed by atoms with van der Waals surface area (Å²) in [7, 11) is 0.302. The molecule has 1 aliphatic carbocycles. The minimum Gasteiger partial charge on any atom is -0.446 e. The van der Waals surface area contributed by atoms with E-state index < -0.39 is 10.0 Å². The van der Waals surface area contributed by atoms with E-state index in [0.29, 0.717) is 6.54 Å². The third-order valence-electron chi connectivity index (χ3n) is 4.13. The third kappa shape index (κ3) is 3.06. The van der Waals surface area contributed by atoms with Crippen molar-refractivity contribution in [3.05, 3.63) is 17.9 Å². The molecule has 0 bridgehead atoms. The summed E-state index contributed by atoms with van der Waals surface area (Å²) in [6.45, 7) is 0.0641. The molecule has 1 aliphatic rings. The average molecular weight is 302 g/mol. The van der Waals surface area contributed by atoms with Crippen molar-refractivity contribution in [3.8, 4) is 0 Å². The molecule has 1 fully saturated rings. The zero-order valence-electron chi connectivity index (χ0n) is 11.9. The minimum absolute atomic E-state index is 0.112. The number of hydrogen-bond acceptors (Lipinski definition) is 5. The Morgan fingerprint density at radius 2 is 2.00 bits per heavy atom. The van der Waals surface area contributed by atoms with E-state index in [9.17, 15) is 8.42 Å². The topological polar surface area (TPSA) is 82.8 Å². The molecule has 1 aromatic rings. The number of aliphatic hydroxyl groups is 1. The van der Waals surface area contributed by atoms with E-state index in [-0.39, 0.29) is 23.0 Å². The van der Waals surface area contributed by atoms with Gasteiger partial charge in [0.05, 0.1) is 0 Å². The highest BCUT2D eigenvalue weighted by molar-refractivity contribution is 7.89. The molecular weight excluding hydrogens is 280 g/mol. The van der Waals surface area contributed by atoms with E-state index in [2.05, 4.69) is 9.62 Å². The van der Waals surface area contributed by atoms with Gasteiger partial charge in [0.15, 0.2) is 0 Å². The zero-order chi connectivity index (χ0) is 14.8. The highest BCUT2D eigenvalue weighted by atomic mass is 32.2. The van der Waals surface area contributed by atoms with Crippen LogP contribution < -0.4 is 4.72 Å². The molecular formula is C13H22N2O4S. The van der Waals surface area contributed by atoms with Crippen molar-refractivity contribution < 1.29 is 17.9 Å². The van der Waals surface area contributed by atoms with Gasteiger partial charge in [-0.25, -0.2) is 13.1 Å². The summed E-state index contributed by atoms with van der Waals surface area (Å²) in [5.41, 5.74) is -0.112. The van der Waals surface area contributed by atoms with E-state index in [4.69, 9.17) is 9.52 Å². The lowest BCUT2D eigenvalue weighted by molar-refractivity contribution is 0.161. The molecule has 0 aliphatic heterocycles. The van der Waals surface area contributed by atoms with Gasteiger partial charge in [0.2, 0.25) is 5.09 Å². The molecule has 6 nitrogen and oxygen atoms in total. The SMILES string of the molecule is CN(C)C1(CNS(=O)(=O)c2ccc(CO)o2)CCCC1. The van der Waals surface area contributed by atoms with Crippen molar-refractivity contribution in [1.82, 2.24) is 9.62 Å². The van der Waals surface area contributed by atoms with Crippen LogP contribution in [0.4, 0.5) is 0 Å². The monoisotopic (exact) mass is 302 g/mol. The predicted molar refractivity (Wildman–Crippen MR) is 74.7 cm³/mol. The van der Waals surface area contributed by atoms with Gasteiger partial charge in [-0.15, -0.1) is 0 Å². The van der Waals surface area contributed by atoms with Crippen LogP contribution in [0.5, 0.6) is 0 Å². The van der Waals surface area contributed by atoms with Crippen LogP contribution in [0.3, 0.4) is 0 Å². The number of likely N-dealkylation sites (N-methyl/N-ethyl adjacent to an activating group) is 1. The van der Waals surface area contributed by atoms with Gasteiger partial charge in [0.1, 0.15) is 12.4 Å². The normalized spacial score (nSPS) is 18.8. The van der Waals surface area contributed by atoms with Crippen molar-refractivity contribution >= 4 is 10.0 Å². The third-order valence-corrected chi connectivity index (χ3v) is 5.41. The van der Waals surface area contributed by atoms with Gasteiger partial charge >= 0.3 is 0 Å². The first-order valence-corrected chi connectivity index (χ1v) is 8.25. The molecule has 2 rings (SSSR count). The molecule has 0 unspecified atom stereocenters. The maximum absolute atomic E-state index is 12.2. The van der Waals surface area contributed by atoms with Gasteiger partial charge in [0, 0.05) is 12.1 Å². The second-order valence-corrected chi connectivity index (χ2v) is 7.23. The lowest BCUT2D eigenvalue weighted by Crippen LogP contribution is -2.50. The molecule has 0 spiro atoms. The van der Waals surface area contributed by atoms with Crippen LogP contribution in [0, 0.1) is 0 Å². The first-order valence-electron chi connectivity index (χ1n) is 6.76. The van der Waals surface area contributed by atoms with Gasteiger partial charge in [-0.1, -0.05) is 12.8 Å². The molecule has 114 valence electrons. The number of nitrogens with zero attached hydrogens (tertiary/aromatic N) is 1. The fraction of sp³-hybridized carbons (Fsp3) is 0.692. The van der Waals surface area contributed by atoms with Crippen LogP contribution in [-0.4, -0.2) is 44.6 Å². The van der Waals surface area contributed by atoms with Gasteiger partial charge < -0.3 is 14.4 Å². The molecule has 0 aromatic carbocycles. The number of furan rings is 1. The van der Waals surface area contributed by atoms with Crippen molar-refractivity contribution in [2.24, 2.45) is 0 Å².